The van der Waals surface area contributed by atoms with Crippen LogP contribution in [0.1, 0.15) is 19.8 Å². The predicted octanol–water partition coefficient (Wildman–Crippen LogP) is 2.78. The maximum atomic E-state index is 11.2. The second kappa shape index (κ2) is 6.51. The number of nitro groups is 1. The van der Waals surface area contributed by atoms with E-state index >= 15 is 0 Å². The minimum Gasteiger partial charge on any atom is -0.362 e. The van der Waals surface area contributed by atoms with Crippen LogP contribution in [0.4, 0.5) is 11.4 Å². The minimum atomic E-state index is -0.281. The monoisotopic (exact) mass is 375 g/mol. The summed E-state index contributed by atoms with van der Waals surface area (Å²) < 4.78 is 0.894. The average Bonchev–Trinajstić information content (AvgIpc) is 2.42. The van der Waals surface area contributed by atoms with Crippen LogP contribution in [0.15, 0.2) is 18.2 Å². The van der Waals surface area contributed by atoms with Gasteiger partial charge in [0.15, 0.2) is 0 Å². The fraction of sp³-hybridized carbons (Fsp3) is 0.538. The molecule has 1 atom stereocenters. The van der Waals surface area contributed by atoms with Crippen LogP contribution in [0.2, 0.25) is 0 Å². The van der Waals surface area contributed by atoms with Crippen LogP contribution in [-0.4, -0.2) is 30.6 Å². The molecule has 1 saturated heterocycles. The molecule has 1 aliphatic heterocycles. The van der Waals surface area contributed by atoms with E-state index in [1.54, 1.807) is 6.07 Å². The minimum absolute atomic E-state index is 0.208. The molecule has 1 unspecified atom stereocenters. The number of hydrogen-bond donors (Lipinski definition) is 1. The van der Waals surface area contributed by atoms with Gasteiger partial charge in [-0.25, -0.2) is 0 Å². The molecule has 0 aliphatic carbocycles. The molecule has 1 aromatic rings. The van der Waals surface area contributed by atoms with E-state index in [-0.39, 0.29) is 10.6 Å². The summed E-state index contributed by atoms with van der Waals surface area (Å²) in [6.07, 6.45) is 2.21. The Morgan fingerprint density at radius 3 is 2.95 bits per heavy atom. The first kappa shape index (κ1) is 14.5. The van der Waals surface area contributed by atoms with Crippen LogP contribution in [0.25, 0.3) is 0 Å². The molecule has 1 aliphatic rings. The van der Waals surface area contributed by atoms with Crippen molar-refractivity contribution < 1.29 is 4.92 Å². The first-order valence-corrected chi connectivity index (χ1v) is 7.62. The Morgan fingerprint density at radius 2 is 2.37 bits per heavy atom. The lowest BCUT2D eigenvalue weighted by atomic mass is 10.0. The van der Waals surface area contributed by atoms with Crippen molar-refractivity contribution in [3.8, 4) is 0 Å². The number of nitrogens with zero attached hydrogens (tertiary/aromatic N) is 2. The smallest absolute Gasteiger partial charge is 0.293 e. The fourth-order valence-electron chi connectivity index (χ4n) is 2.61. The third-order valence-electron chi connectivity index (χ3n) is 3.50. The van der Waals surface area contributed by atoms with Gasteiger partial charge in [-0.15, -0.1) is 0 Å². The number of hydrogen-bond acceptors (Lipinski definition) is 4. The number of halogens is 1. The third kappa shape index (κ3) is 3.36. The Kier molecular flexibility index (Phi) is 4.98. The van der Waals surface area contributed by atoms with Gasteiger partial charge in [-0.2, -0.15) is 0 Å². The van der Waals surface area contributed by atoms with Crippen molar-refractivity contribution in [3.63, 3.8) is 0 Å². The highest BCUT2D eigenvalue weighted by atomic mass is 127. The molecular formula is C13H18IN3O2. The molecule has 0 radical (unpaired) electrons. The number of piperidine rings is 1. The van der Waals surface area contributed by atoms with Gasteiger partial charge in [0, 0.05) is 28.8 Å². The molecule has 0 saturated carbocycles. The molecule has 1 fully saturated rings. The van der Waals surface area contributed by atoms with Crippen LogP contribution < -0.4 is 10.2 Å². The van der Waals surface area contributed by atoms with Crippen molar-refractivity contribution in [2.75, 3.05) is 24.5 Å². The molecular weight excluding hydrogens is 357 g/mol. The second-order valence-electron chi connectivity index (χ2n) is 4.68. The molecule has 0 spiro atoms. The molecule has 19 heavy (non-hydrogen) atoms. The van der Waals surface area contributed by atoms with E-state index < -0.39 is 0 Å². The summed E-state index contributed by atoms with van der Waals surface area (Å²) in [7, 11) is 0. The number of rotatable bonds is 4. The van der Waals surface area contributed by atoms with Crippen molar-refractivity contribution in [2.24, 2.45) is 0 Å². The van der Waals surface area contributed by atoms with Gasteiger partial charge >= 0.3 is 0 Å². The number of nitrogens with one attached hydrogen (secondary N) is 1. The van der Waals surface area contributed by atoms with Crippen molar-refractivity contribution in [1.29, 1.82) is 0 Å². The number of likely N-dealkylation sites (N-methyl/N-ethyl adjacent to an activating group) is 1. The van der Waals surface area contributed by atoms with E-state index in [4.69, 9.17) is 0 Å². The van der Waals surface area contributed by atoms with Crippen LogP contribution in [0.3, 0.4) is 0 Å². The maximum Gasteiger partial charge on any atom is 0.293 e. The molecule has 2 rings (SSSR count). The lowest BCUT2D eigenvalue weighted by molar-refractivity contribution is -0.384. The van der Waals surface area contributed by atoms with E-state index in [9.17, 15) is 10.1 Å². The summed E-state index contributed by atoms with van der Waals surface area (Å²) in [5.74, 6) is 0. The van der Waals surface area contributed by atoms with E-state index in [1.807, 2.05) is 12.1 Å². The normalized spacial score (nSPS) is 19.2. The van der Waals surface area contributed by atoms with Crippen LogP contribution in [-0.2, 0) is 0 Å². The van der Waals surface area contributed by atoms with E-state index in [0.29, 0.717) is 6.04 Å². The van der Waals surface area contributed by atoms with Gasteiger partial charge in [0.25, 0.3) is 5.69 Å². The molecule has 0 aromatic heterocycles. The molecule has 1 aromatic carbocycles. The predicted molar refractivity (Wildman–Crippen MR) is 84.7 cm³/mol. The highest BCUT2D eigenvalue weighted by Gasteiger charge is 2.25. The van der Waals surface area contributed by atoms with Gasteiger partial charge in [-0.05, 0) is 61.0 Å². The molecule has 6 heteroatoms. The van der Waals surface area contributed by atoms with Crippen molar-refractivity contribution >= 4 is 34.0 Å². The van der Waals surface area contributed by atoms with Gasteiger partial charge in [0.05, 0.1) is 4.92 Å². The topological polar surface area (TPSA) is 58.4 Å². The van der Waals surface area contributed by atoms with E-state index in [1.165, 1.54) is 0 Å². The summed E-state index contributed by atoms with van der Waals surface area (Å²) in [6.45, 7) is 4.78. The lowest BCUT2D eigenvalue weighted by Gasteiger charge is -2.35. The zero-order valence-electron chi connectivity index (χ0n) is 10.9. The van der Waals surface area contributed by atoms with Gasteiger partial charge in [0.1, 0.15) is 5.69 Å². The summed E-state index contributed by atoms with van der Waals surface area (Å²) in [6, 6.07) is 5.80. The molecule has 0 bridgehead atoms. The number of anilines is 1. The molecule has 0 amide bonds. The second-order valence-corrected chi connectivity index (χ2v) is 5.92. The highest BCUT2D eigenvalue weighted by Crippen LogP contribution is 2.32. The van der Waals surface area contributed by atoms with Crippen LogP contribution >= 0.6 is 22.6 Å². The summed E-state index contributed by atoms with van der Waals surface area (Å²) in [5, 5.41) is 14.6. The molecule has 5 nitrogen and oxygen atoms in total. The molecule has 1 N–H and O–H groups in total. The quantitative estimate of drug-likeness (QED) is 0.500. The lowest BCUT2D eigenvalue weighted by Crippen LogP contribution is -2.46. The average molecular weight is 375 g/mol. The summed E-state index contributed by atoms with van der Waals surface area (Å²) in [5.41, 5.74) is 0.945. The van der Waals surface area contributed by atoms with Crippen molar-refractivity contribution in [2.45, 2.75) is 25.8 Å². The van der Waals surface area contributed by atoms with Gasteiger partial charge < -0.3 is 10.2 Å². The largest absolute Gasteiger partial charge is 0.362 e. The van der Waals surface area contributed by atoms with Crippen molar-refractivity contribution in [3.05, 3.63) is 31.9 Å². The summed E-state index contributed by atoms with van der Waals surface area (Å²) in [4.78, 5) is 13.1. The van der Waals surface area contributed by atoms with Crippen LogP contribution in [0, 0.1) is 13.7 Å². The van der Waals surface area contributed by atoms with Crippen LogP contribution in [0.5, 0.6) is 0 Å². The highest BCUT2D eigenvalue weighted by molar-refractivity contribution is 14.1. The fourth-order valence-corrected chi connectivity index (χ4v) is 3.09. The van der Waals surface area contributed by atoms with Gasteiger partial charge in [-0.3, -0.25) is 10.1 Å². The first-order chi connectivity index (χ1) is 9.13. The SMILES string of the molecule is CCN(c1ccc(I)cc1[N+](=O)[O-])C1CCCNC1. The van der Waals surface area contributed by atoms with Crippen molar-refractivity contribution in [1.82, 2.24) is 5.32 Å². The Hall–Kier alpha value is -0.890. The molecule has 104 valence electrons. The zero-order chi connectivity index (χ0) is 13.8. The van der Waals surface area contributed by atoms with E-state index in [2.05, 4.69) is 39.7 Å². The summed E-state index contributed by atoms with van der Waals surface area (Å²) >= 11 is 2.11. The van der Waals surface area contributed by atoms with E-state index in [0.717, 1.165) is 41.7 Å². The Bertz CT molecular complexity index is 461. The Labute approximate surface area is 126 Å². The third-order valence-corrected chi connectivity index (χ3v) is 4.17. The number of benzene rings is 1. The Balaban J connectivity index is 2.34. The van der Waals surface area contributed by atoms with Gasteiger partial charge in [-0.1, -0.05) is 0 Å². The number of nitro benzene ring substituents is 1. The first-order valence-electron chi connectivity index (χ1n) is 6.54. The standard InChI is InChI=1S/C13H18IN3O2/c1-2-16(11-4-3-7-15-9-11)12-6-5-10(14)8-13(12)17(18)19/h5-6,8,11,15H,2-4,7,9H2,1H3. The maximum absolute atomic E-state index is 11.2. The zero-order valence-corrected chi connectivity index (χ0v) is 13.1. The van der Waals surface area contributed by atoms with Gasteiger partial charge in [0.2, 0.25) is 0 Å². The Morgan fingerprint density at radius 1 is 1.58 bits per heavy atom. The molecule has 1 heterocycles.